The van der Waals surface area contributed by atoms with Crippen molar-refractivity contribution in [3.05, 3.63) is 143 Å². The second-order valence-corrected chi connectivity index (χ2v) is 10.6. The van der Waals surface area contributed by atoms with Gasteiger partial charge >= 0.3 is 0 Å². The van der Waals surface area contributed by atoms with Gasteiger partial charge in [0.2, 0.25) is 11.6 Å². The average Bonchev–Trinajstić information content (AvgIpc) is 3.46. The topological polar surface area (TPSA) is 66.4 Å². The fourth-order valence-electron chi connectivity index (χ4n) is 6.20. The van der Waals surface area contributed by atoms with E-state index in [-0.39, 0.29) is 11.6 Å². The van der Waals surface area contributed by atoms with Gasteiger partial charge in [-0.3, -0.25) is 19.6 Å². The zero-order valence-electron chi connectivity index (χ0n) is 23.0. The molecule has 6 aromatic rings. The Labute approximate surface area is 242 Å². The summed E-state index contributed by atoms with van der Waals surface area (Å²) in [5.74, 6) is -0.406. The van der Waals surface area contributed by atoms with Crippen molar-refractivity contribution in [2.45, 2.75) is 13.8 Å². The number of ketones is 2. The van der Waals surface area contributed by atoms with Crippen LogP contribution in [0.5, 0.6) is 0 Å². The summed E-state index contributed by atoms with van der Waals surface area (Å²) >= 11 is 0. The van der Waals surface area contributed by atoms with E-state index >= 15 is 0 Å². The predicted octanol–water partition coefficient (Wildman–Crippen LogP) is 7.98. The minimum Gasteiger partial charge on any atom is -0.302 e. The zero-order chi connectivity index (χ0) is 28.5. The molecule has 0 amide bonds. The summed E-state index contributed by atoms with van der Waals surface area (Å²) in [6.45, 7) is 3.88. The van der Waals surface area contributed by atoms with Crippen LogP contribution in [0.25, 0.3) is 21.8 Å². The molecule has 0 fully saturated rings. The fraction of sp³-hybridized carbons (Fsp3) is 0.0556. The standard InChI is InChI=1S/C36H24N4O2/c1-21-31(19-23-11-3-7-15-27(23)37-21)39-29-17-9-5-13-25(29)35(41)33(39)34-36(42)26-14-6-10-18-30(26)40(34)32-20-24-12-4-8-16-28(24)38-22(32)2/h3-20H,1-2H3/b34-33+. The van der Waals surface area contributed by atoms with Crippen LogP contribution in [-0.2, 0) is 0 Å². The van der Waals surface area contributed by atoms with Crippen LogP contribution < -0.4 is 9.80 Å². The molecule has 0 atom stereocenters. The van der Waals surface area contributed by atoms with Crippen LogP contribution in [0, 0.1) is 13.8 Å². The van der Waals surface area contributed by atoms with E-state index in [2.05, 4.69) is 0 Å². The first-order valence-electron chi connectivity index (χ1n) is 13.9. The zero-order valence-corrected chi connectivity index (χ0v) is 23.0. The molecule has 0 N–H and O–H groups in total. The van der Waals surface area contributed by atoms with Gasteiger partial charge in [0.05, 0.1) is 45.2 Å². The molecule has 0 saturated carbocycles. The molecule has 0 aliphatic carbocycles. The second kappa shape index (κ2) is 8.94. The van der Waals surface area contributed by atoms with E-state index in [0.717, 1.165) is 55.9 Å². The van der Waals surface area contributed by atoms with Crippen molar-refractivity contribution in [1.29, 1.82) is 0 Å². The highest BCUT2D eigenvalue weighted by atomic mass is 16.1. The van der Waals surface area contributed by atoms with Gasteiger partial charge in [-0.1, -0.05) is 60.7 Å². The van der Waals surface area contributed by atoms with Crippen LogP contribution in [0.1, 0.15) is 32.1 Å². The number of hydrogen-bond acceptors (Lipinski definition) is 6. The first kappa shape index (κ1) is 24.2. The highest BCUT2D eigenvalue weighted by molar-refractivity contribution is 6.30. The normalized spacial score (nSPS) is 16.0. The molecule has 200 valence electrons. The number of anilines is 4. The van der Waals surface area contributed by atoms with Crippen LogP contribution in [0.3, 0.4) is 0 Å². The molecule has 6 nitrogen and oxygen atoms in total. The van der Waals surface area contributed by atoms with Crippen molar-refractivity contribution < 1.29 is 9.59 Å². The molecule has 2 aliphatic rings. The first-order valence-corrected chi connectivity index (χ1v) is 13.9. The third-order valence-electron chi connectivity index (χ3n) is 8.14. The molecule has 0 saturated heterocycles. The lowest BCUT2D eigenvalue weighted by atomic mass is 10.1. The smallest absolute Gasteiger partial charge is 0.214 e. The summed E-state index contributed by atoms with van der Waals surface area (Å²) in [4.78, 5) is 42.4. The highest BCUT2D eigenvalue weighted by Gasteiger charge is 2.44. The molecule has 0 spiro atoms. The predicted molar refractivity (Wildman–Crippen MR) is 166 cm³/mol. The van der Waals surface area contributed by atoms with Gasteiger partial charge in [0.1, 0.15) is 11.4 Å². The van der Waals surface area contributed by atoms with E-state index in [9.17, 15) is 9.59 Å². The van der Waals surface area contributed by atoms with Crippen molar-refractivity contribution in [2.24, 2.45) is 0 Å². The lowest BCUT2D eigenvalue weighted by molar-refractivity contribution is 0.101. The van der Waals surface area contributed by atoms with E-state index in [0.29, 0.717) is 22.5 Å². The third-order valence-corrected chi connectivity index (χ3v) is 8.14. The van der Waals surface area contributed by atoms with Gasteiger partial charge in [0.15, 0.2) is 0 Å². The fourth-order valence-corrected chi connectivity index (χ4v) is 6.20. The van der Waals surface area contributed by atoms with E-state index < -0.39 is 0 Å². The molecule has 42 heavy (non-hydrogen) atoms. The number of allylic oxidation sites excluding steroid dienone is 2. The van der Waals surface area contributed by atoms with Gasteiger partial charge in [0, 0.05) is 21.9 Å². The Bertz CT molecular complexity index is 2030. The second-order valence-electron chi connectivity index (χ2n) is 10.6. The third kappa shape index (κ3) is 3.38. The maximum Gasteiger partial charge on any atom is 0.214 e. The number of aryl methyl sites for hydroxylation is 2. The van der Waals surface area contributed by atoms with Crippen molar-refractivity contribution in [3.8, 4) is 0 Å². The highest BCUT2D eigenvalue weighted by Crippen LogP contribution is 2.49. The molecule has 8 rings (SSSR count). The van der Waals surface area contributed by atoms with Crippen LogP contribution in [0.4, 0.5) is 22.7 Å². The first-order chi connectivity index (χ1) is 20.5. The van der Waals surface area contributed by atoms with Gasteiger partial charge < -0.3 is 9.80 Å². The summed E-state index contributed by atoms with van der Waals surface area (Å²) in [6.07, 6.45) is 0. The molecule has 0 unspecified atom stereocenters. The van der Waals surface area contributed by atoms with Crippen LogP contribution in [0.2, 0.25) is 0 Å². The van der Waals surface area contributed by atoms with Crippen LogP contribution in [0.15, 0.2) is 121 Å². The molecule has 2 aliphatic heterocycles. The van der Waals surface area contributed by atoms with Gasteiger partial charge in [-0.25, -0.2) is 0 Å². The number of hydrogen-bond donors (Lipinski definition) is 0. The Balaban J connectivity index is 1.46. The number of carbonyl (C=O) groups is 2. The molecular formula is C36H24N4O2. The number of carbonyl (C=O) groups excluding carboxylic acids is 2. The summed E-state index contributed by atoms with van der Waals surface area (Å²) in [6, 6.07) is 35.0. The Hall–Kier alpha value is -5.62. The van der Waals surface area contributed by atoms with E-state index in [1.165, 1.54) is 0 Å². The van der Waals surface area contributed by atoms with Crippen molar-refractivity contribution in [1.82, 2.24) is 9.97 Å². The van der Waals surface area contributed by atoms with Crippen LogP contribution >= 0.6 is 0 Å². The van der Waals surface area contributed by atoms with Crippen molar-refractivity contribution >= 4 is 56.1 Å². The molecule has 0 bridgehead atoms. The lowest BCUT2D eigenvalue weighted by Gasteiger charge is -2.28. The Morgan fingerprint density at radius 1 is 0.476 bits per heavy atom. The summed E-state index contributed by atoms with van der Waals surface area (Å²) in [5, 5.41) is 1.90. The molecule has 2 aromatic heterocycles. The number of nitrogens with zero attached hydrogens (tertiary/aromatic N) is 4. The van der Waals surface area contributed by atoms with Gasteiger partial charge in [-0.15, -0.1) is 0 Å². The minimum absolute atomic E-state index is 0.203. The van der Waals surface area contributed by atoms with E-state index in [4.69, 9.17) is 9.97 Å². The molecule has 6 heteroatoms. The minimum atomic E-state index is -0.203. The van der Waals surface area contributed by atoms with Gasteiger partial charge in [-0.2, -0.15) is 0 Å². The van der Waals surface area contributed by atoms with E-state index in [1.807, 2.05) is 133 Å². The Morgan fingerprint density at radius 3 is 1.31 bits per heavy atom. The number of aromatic nitrogens is 2. The Kier molecular flexibility index (Phi) is 5.15. The number of pyridine rings is 2. The summed E-state index contributed by atoms with van der Waals surface area (Å²) < 4.78 is 0. The summed E-state index contributed by atoms with van der Waals surface area (Å²) in [7, 11) is 0. The Morgan fingerprint density at radius 2 is 0.857 bits per heavy atom. The number of rotatable bonds is 2. The summed E-state index contributed by atoms with van der Waals surface area (Å²) in [5.41, 5.74) is 7.93. The largest absolute Gasteiger partial charge is 0.302 e. The number of para-hydroxylation sites is 4. The van der Waals surface area contributed by atoms with Crippen molar-refractivity contribution in [2.75, 3.05) is 9.80 Å². The molecule has 4 heterocycles. The lowest BCUT2D eigenvalue weighted by Crippen LogP contribution is -2.26. The number of benzene rings is 4. The average molecular weight is 545 g/mol. The molecular weight excluding hydrogens is 520 g/mol. The molecule has 4 aromatic carbocycles. The van der Waals surface area contributed by atoms with Gasteiger partial charge in [0.25, 0.3) is 0 Å². The number of Topliss-reactive ketones (excluding diaryl/α,β-unsaturated/α-hetero) is 2. The van der Waals surface area contributed by atoms with E-state index in [1.54, 1.807) is 0 Å². The molecule has 0 radical (unpaired) electrons. The maximum atomic E-state index is 14.4. The monoisotopic (exact) mass is 544 g/mol. The number of fused-ring (bicyclic) bond motifs is 4. The quantitative estimate of drug-likeness (QED) is 0.206. The van der Waals surface area contributed by atoms with Gasteiger partial charge in [-0.05, 0) is 62.4 Å². The maximum absolute atomic E-state index is 14.4. The SMILES string of the molecule is Cc1nc2ccccc2cc1N1/C(=C2\C(=O)c3ccccc3N2c2cc3ccccc3nc2C)C(=O)c2ccccc21. The van der Waals surface area contributed by atoms with Crippen LogP contribution in [-0.4, -0.2) is 21.5 Å². The van der Waals surface area contributed by atoms with Crippen molar-refractivity contribution in [3.63, 3.8) is 0 Å².